The third-order valence-corrected chi connectivity index (χ3v) is 3.38. The lowest BCUT2D eigenvalue weighted by atomic mass is 10.1. The average molecular weight is 240 g/mol. The molecule has 0 unspecified atom stereocenters. The monoisotopic (exact) mass is 240 g/mol. The predicted molar refractivity (Wildman–Crippen MR) is 76.5 cm³/mol. The molecule has 2 nitrogen and oxygen atoms in total. The van der Waals surface area contributed by atoms with Crippen molar-refractivity contribution in [2.45, 2.75) is 26.8 Å². The summed E-state index contributed by atoms with van der Waals surface area (Å²) in [5.74, 6) is 0.918. The van der Waals surface area contributed by atoms with Gasteiger partial charge in [0, 0.05) is 12.2 Å². The van der Waals surface area contributed by atoms with Crippen LogP contribution in [0.3, 0.4) is 0 Å². The third kappa shape index (κ3) is 2.33. The molecule has 1 N–H and O–H groups in total. The van der Waals surface area contributed by atoms with Crippen LogP contribution in [0.15, 0.2) is 60.7 Å². The van der Waals surface area contributed by atoms with E-state index in [0.29, 0.717) is 0 Å². The fraction of sp³-hybridized carbons (Fsp3) is 0.250. The van der Waals surface area contributed by atoms with E-state index in [9.17, 15) is 0 Å². The second-order valence-corrected chi connectivity index (χ2v) is 4.53. The van der Waals surface area contributed by atoms with E-state index in [4.69, 9.17) is 0 Å². The molecule has 2 heteroatoms. The standard InChI is InChI=1S/C16H20N2/c1-5-14-7-9-15(10-8-14)11-18-12(3)16(6-2)17-13(18)4/h6-10,17H,2,4-5,11H2,1,3H3. The Hall–Kier alpha value is -1.96. The van der Waals surface area contributed by atoms with E-state index in [0.717, 1.165) is 24.5 Å². The molecule has 1 heterocycles. The molecule has 0 saturated heterocycles. The minimum Gasteiger partial charge on any atom is -0.341 e. The first kappa shape index (κ1) is 12.5. The maximum absolute atomic E-state index is 4.04. The van der Waals surface area contributed by atoms with Crippen LogP contribution in [-0.4, -0.2) is 4.90 Å². The second-order valence-electron chi connectivity index (χ2n) is 4.53. The van der Waals surface area contributed by atoms with Crippen LogP contribution in [0.25, 0.3) is 0 Å². The van der Waals surface area contributed by atoms with Crippen molar-refractivity contribution in [1.29, 1.82) is 0 Å². The highest BCUT2D eigenvalue weighted by Gasteiger charge is 2.20. The molecule has 0 aromatic heterocycles. The molecule has 2 rings (SSSR count). The van der Waals surface area contributed by atoms with E-state index >= 15 is 0 Å². The largest absolute Gasteiger partial charge is 0.341 e. The Morgan fingerprint density at radius 2 is 1.83 bits per heavy atom. The zero-order valence-electron chi connectivity index (χ0n) is 11.2. The highest BCUT2D eigenvalue weighted by atomic mass is 15.3. The van der Waals surface area contributed by atoms with Crippen molar-refractivity contribution >= 4 is 0 Å². The molecular formula is C16H20N2. The number of rotatable bonds is 4. The van der Waals surface area contributed by atoms with Gasteiger partial charge >= 0.3 is 0 Å². The van der Waals surface area contributed by atoms with Gasteiger partial charge in [-0.3, -0.25) is 0 Å². The molecule has 0 saturated carbocycles. The van der Waals surface area contributed by atoms with Gasteiger partial charge in [0.1, 0.15) is 5.82 Å². The Labute approximate surface area is 109 Å². The van der Waals surface area contributed by atoms with Crippen LogP contribution in [0.5, 0.6) is 0 Å². The zero-order valence-corrected chi connectivity index (χ0v) is 11.2. The summed E-state index contributed by atoms with van der Waals surface area (Å²) in [5.41, 5.74) is 4.88. The van der Waals surface area contributed by atoms with Crippen molar-refractivity contribution in [3.8, 4) is 0 Å². The van der Waals surface area contributed by atoms with E-state index in [1.807, 2.05) is 6.08 Å². The second kappa shape index (κ2) is 5.13. The smallest absolute Gasteiger partial charge is 0.103 e. The van der Waals surface area contributed by atoms with E-state index in [1.54, 1.807) is 0 Å². The number of aryl methyl sites for hydroxylation is 1. The fourth-order valence-corrected chi connectivity index (χ4v) is 2.14. The molecule has 0 fully saturated rings. The number of nitrogens with one attached hydrogen (secondary N) is 1. The summed E-state index contributed by atoms with van der Waals surface area (Å²) in [6.07, 6.45) is 2.92. The highest BCUT2D eigenvalue weighted by molar-refractivity contribution is 5.33. The van der Waals surface area contributed by atoms with Gasteiger partial charge in [0.2, 0.25) is 0 Å². The van der Waals surface area contributed by atoms with Gasteiger partial charge < -0.3 is 10.2 Å². The van der Waals surface area contributed by atoms with Crippen molar-refractivity contribution in [3.63, 3.8) is 0 Å². The molecule has 0 atom stereocenters. The minimum atomic E-state index is 0.846. The molecule has 1 aliphatic heterocycles. The molecule has 1 aromatic carbocycles. The lowest BCUT2D eigenvalue weighted by molar-refractivity contribution is 0.430. The first-order valence-corrected chi connectivity index (χ1v) is 6.30. The highest BCUT2D eigenvalue weighted by Crippen LogP contribution is 2.24. The van der Waals surface area contributed by atoms with E-state index in [-0.39, 0.29) is 0 Å². The summed E-state index contributed by atoms with van der Waals surface area (Å²) >= 11 is 0. The first-order chi connectivity index (χ1) is 8.65. The molecule has 1 aliphatic rings. The summed E-state index contributed by atoms with van der Waals surface area (Å²) in [6.45, 7) is 12.9. The van der Waals surface area contributed by atoms with Gasteiger partial charge in [-0.2, -0.15) is 0 Å². The van der Waals surface area contributed by atoms with Crippen LogP contribution < -0.4 is 5.32 Å². The Balaban J connectivity index is 2.15. The summed E-state index contributed by atoms with van der Waals surface area (Å²) in [4.78, 5) is 2.18. The van der Waals surface area contributed by atoms with Gasteiger partial charge in [-0.25, -0.2) is 0 Å². The quantitative estimate of drug-likeness (QED) is 0.866. The molecule has 0 spiro atoms. The summed E-state index contributed by atoms with van der Waals surface area (Å²) in [7, 11) is 0. The van der Waals surface area contributed by atoms with Crippen LogP contribution in [0.4, 0.5) is 0 Å². The molecule has 0 bridgehead atoms. The molecular weight excluding hydrogens is 220 g/mol. The van der Waals surface area contributed by atoms with E-state index in [2.05, 4.69) is 61.5 Å². The Bertz CT molecular complexity index is 494. The fourth-order valence-electron chi connectivity index (χ4n) is 2.14. The van der Waals surface area contributed by atoms with Crippen molar-refractivity contribution in [2.75, 3.05) is 0 Å². The van der Waals surface area contributed by atoms with Gasteiger partial charge in [0.05, 0.1) is 5.70 Å². The number of allylic oxidation sites excluding steroid dienone is 2. The maximum atomic E-state index is 4.04. The zero-order chi connectivity index (χ0) is 13.1. The third-order valence-electron chi connectivity index (χ3n) is 3.38. The minimum absolute atomic E-state index is 0.846. The maximum Gasteiger partial charge on any atom is 0.103 e. The molecule has 0 amide bonds. The summed E-state index contributed by atoms with van der Waals surface area (Å²) in [5, 5.41) is 3.24. The lowest BCUT2D eigenvalue weighted by Gasteiger charge is -2.20. The number of hydrogen-bond donors (Lipinski definition) is 1. The van der Waals surface area contributed by atoms with Crippen molar-refractivity contribution in [1.82, 2.24) is 10.2 Å². The van der Waals surface area contributed by atoms with Crippen LogP contribution >= 0.6 is 0 Å². The number of hydrogen-bond acceptors (Lipinski definition) is 2. The SMILES string of the molecule is C=CC1=C(C)N(Cc2ccc(CC)cc2)C(=C)N1. The Morgan fingerprint density at radius 1 is 1.22 bits per heavy atom. The van der Waals surface area contributed by atoms with Gasteiger partial charge in [-0.1, -0.05) is 44.3 Å². The Morgan fingerprint density at radius 3 is 2.33 bits per heavy atom. The van der Waals surface area contributed by atoms with Crippen LogP contribution in [0, 0.1) is 0 Å². The summed E-state index contributed by atoms with van der Waals surface area (Å²) in [6, 6.07) is 8.75. The summed E-state index contributed by atoms with van der Waals surface area (Å²) < 4.78 is 0. The van der Waals surface area contributed by atoms with Crippen molar-refractivity contribution in [2.24, 2.45) is 0 Å². The topological polar surface area (TPSA) is 15.3 Å². The molecule has 18 heavy (non-hydrogen) atoms. The number of benzene rings is 1. The molecule has 94 valence electrons. The van der Waals surface area contributed by atoms with Gasteiger partial charge in [-0.15, -0.1) is 0 Å². The van der Waals surface area contributed by atoms with E-state index < -0.39 is 0 Å². The number of nitrogens with zero attached hydrogens (tertiary/aromatic N) is 1. The van der Waals surface area contributed by atoms with Crippen molar-refractivity contribution < 1.29 is 0 Å². The van der Waals surface area contributed by atoms with Gasteiger partial charge in [0.15, 0.2) is 0 Å². The van der Waals surface area contributed by atoms with Gasteiger partial charge in [-0.05, 0) is 30.5 Å². The predicted octanol–water partition coefficient (Wildman–Crippen LogP) is 3.54. The molecule has 1 aromatic rings. The average Bonchev–Trinajstić information content (AvgIpc) is 2.67. The van der Waals surface area contributed by atoms with Gasteiger partial charge in [0.25, 0.3) is 0 Å². The lowest BCUT2D eigenvalue weighted by Crippen LogP contribution is -2.19. The molecule has 0 radical (unpaired) electrons. The normalized spacial score (nSPS) is 15.0. The van der Waals surface area contributed by atoms with E-state index in [1.165, 1.54) is 16.8 Å². The van der Waals surface area contributed by atoms with Crippen LogP contribution in [0.1, 0.15) is 25.0 Å². The van der Waals surface area contributed by atoms with Crippen LogP contribution in [0.2, 0.25) is 0 Å². The molecule has 0 aliphatic carbocycles. The first-order valence-electron chi connectivity index (χ1n) is 6.30. The Kier molecular flexibility index (Phi) is 3.56. The van der Waals surface area contributed by atoms with Crippen LogP contribution in [-0.2, 0) is 13.0 Å². The van der Waals surface area contributed by atoms with Crippen molar-refractivity contribution in [3.05, 3.63) is 71.8 Å².